The fourth-order valence-electron chi connectivity index (χ4n) is 0.490. The van der Waals surface area contributed by atoms with Crippen LogP contribution in [0.1, 0.15) is 11.9 Å². The van der Waals surface area contributed by atoms with Gasteiger partial charge in [-0.3, -0.25) is 0 Å². The van der Waals surface area contributed by atoms with Gasteiger partial charge in [-0.25, -0.2) is 4.98 Å². The number of nitrogens with two attached hydrogens (primary N) is 1. The third kappa shape index (κ3) is 1.41. The molecule has 56 valence electrons. The molecule has 2 nitrogen and oxygen atoms in total. The third-order valence-electron chi connectivity index (χ3n) is 0.899. The second-order valence-corrected chi connectivity index (χ2v) is 3.02. The van der Waals surface area contributed by atoms with Crippen LogP contribution in [0.25, 0.3) is 0 Å². The molecule has 1 aromatic heterocycles. The Morgan fingerprint density at radius 2 is 2.30 bits per heavy atom. The largest absolute Gasteiger partial charge is 0.389 e. The van der Waals surface area contributed by atoms with Gasteiger partial charge in [-0.15, -0.1) is 0 Å². The summed E-state index contributed by atoms with van der Waals surface area (Å²) in [5.41, 5.74) is 5.20. The Balaban J connectivity index is 2.96. The Kier molecular flexibility index (Phi) is 1.60. The zero-order chi connectivity index (χ0) is 7.78. The lowest BCUT2D eigenvalue weighted by molar-refractivity contribution is 0.0172. The van der Waals surface area contributed by atoms with Crippen molar-refractivity contribution in [1.29, 1.82) is 0 Å². The van der Waals surface area contributed by atoms with Crippen LogP contribution >= 0.6 is 11.3 Å². The van der Waals surface area contributed by atoms with E-state index in [9.17, 15) is 8.78 Å². The molecule has 0 atom stereocenters. The van der Waals surface area contributed by atoms with Crippen molar-refractivity contribution in [2.24, 2.45) is 0 Å². The van der Waals surface area contributed by atoms with Crippen molar-refractivity contribution in [3.63, 3.8) is 0 Å². The molecule has 0 aliphatic rings. The van der Waals surface area contributed by atoms with E-state index in [1.807, 2.05) is 0 Å². The van der Waals surface area contributed by atoms with E-state index in [0.717, 1.165) is 18.3 Å². The second-order valence-electron chi connectivity index (χ2n) is 1.96. The molecule has 2 N–H and O–H groups in total. The van der Waals surface area contributed by atoms with Gasteiger partial charge in [-0.2, -0.15) is 8.78 Å². The maximum atomic E-state index is 12.4. The standard InChI is InChI=1S/C5H6F2N2S/c1-5(6,7)4-9-2-3(8)10-4/h2H,8H2,1H3. The van der Waals surface area contributed by atoms with Crippen LogP contribution in [0.15, 0.2) is 6.20 Å². The maximum absolute atomic E-state index is 12.4. The van der Waals surface area contributed by atoms with Gasteiger partial charge in [-0.05, 0) is 0 Å². The molecular weight excluding hydrogens is 158 g/mol. The molecule has 0 spiro atoms. The number of anilines is 1. The number of hydrogen-bond acceptors (Lipinski definition) is 3. The molecule has 0 bridgehead atoms. The SMILES string of the molecule is CC(F)(F)c1ncc(N)s1. The van der Waals surface area contributed by atoms with Crippen molar-refractivity contribution >= 4 is 16.3 Å². The Labute approximate surface area is 60.7 Å². The fourth-order valence-corrected chi connectivity index (χ4v) is 1.10. The fraction of sp³-hybridized carbons (Fsp3) is 0.400. The van der Waals surface area contributed by atoms with Gasteiger partial charge in [-0.1, -0.05) is 11.3 Å². The number of nitrogen functional groups attached to an aromatic ring is 1. The second kappa shape index (κ2) is 2.16. The molecule has 0 aromatic carbocycles. The van der Waals surface area contributed by atoms with Gasteiger partial charge >= 0.3 is 0 Å². The van der Waals surface area contributed by atoms with Crippen molar-refractivity contribution in [3.05, 3.63) is 11.2 Å². The van der Waals surface area contributed by atoms with Crippen LogP contribution in [0.4, 0.5) is 13.8 Å². The van der Waals surface area contributed by atoms with Crippen LogP contribution < -0.4 is 5.73 Å². The minimum Gasteiger partial charge on any atom is -0.389 e. The van der Waals surface area contributed by atoms with E-state index >= 15 is 0 Å². The summed E-state index contributed by atoms with van der Waals surface area (Å²) in [5.74, 6) is -2.86. The third-order valence-corrected chi connectivity index (χ3v) is 1.90. The van der Waals surface area contributed by atoms with E-state index < -0.39 is 5.92 Å². The molecule has 0 radical (unpaired) electrons. The lowest BCUT2D eigenvalue weighted by Gasteiger charge is -2.03. The predicted molar refractivity (Wildman–Crippen MR) is 36.1 cm³/mol. The molecule has 1 aromatic rings. The summed E-state index contributed by atoms with van der Waals surface area (Å²) in [5, 5.41) is 0.0847. The minimum absolute atomic E-state index is 0.231. The first kappa shape index (κ1) is 7.40. The summed E-state index contributed by atoms with van der Waals surface area (Å²) in [4.78, 5) is 3.43. The van der Waals surface area contributed by atoms with Gasteiger partial charge in [0.1, 0.15) is 5.00 Å². The van der Waals surface area contributed by atoms with Gasteiger partial charge in [0.05, 0.1) is 6.20 Å². The van der Waals surface area contributed by atoms with Crippen LogP contribution in [-0.2, 0) is 5.92 Å². The number of aromatic nitrogens is 1. The average Bonchev–Trinajstić information content (AvgIpc) is 2.11. The number of hydrogen-bond donors (Lipinski definition) is 1. The van der Waals surface area contributed by atoms with Crippen molar-refractivity contribution in [1.82, 2.24) is 4.98 Å². The van der Waals surface area contributed by atoms with Crippen LogP contribution in [0.2, 0.25) is 0 Å². The molecule has 1 rings (SSSR count). The zero-order valence-corrected chi connectivity index (χ0v) is 6.08. The number of thiazole rings is 1. The van der Waals surface area contributed by atoms with E-state index in [1.54, 1.807) is 0 Å². The summed E-state index contributed by atoms with van der Waals surface area (Å²) in [7, 11) is 0. The van der Waals surface area contributed by atoms with E-state index in [1.165, 1.54) is 6.20 Å². The lowest BCUT2D eigenvalue weighted by atomic mass is 10.4. The molecular formula is C5H6F2N2S. The molecule has 0 saturated heterocycles. The smallest absolute Gasteiger partial charge is 0.296 e. The first-order valence-corrected chi connectivity index (χ1v) is 3.41. The van der Waals surface area contributed by atoms with Crippen LogP contribution in [0.5, 0.6) is 0 Å². The average molecular weight is 164 g/mol. The van der Waals surface area contributed by atoms with E-state index in [-0.39, 0.29) is 5.01 Å². The Morgan fingerprint density at radius 1 is 1.70 bits per heavy atom. The van der Waals surface area contributed by atoms with Gasteiger partial charge in [0.15, 0.2) is 5.01 Å². The number of rotatable bonds is 1. The number of nitrogens with zero attached hydrogens (tertiary/aromatic N) is 1. The van der Waals surface area contributed by atoms with Crippen molar-refractivity contribution in [2.45, 2.75) is 12.8 Å². The van der Waals surface area contributed by atoms with Gasteiger partial charge in [0.25, 0.3) is 5.92 Å². The summed E-state index contributed by atoms with van der Waals surface area (Å²) >= 11 is 0.811. The Hall–Kier alpha value is -0.710. The highest BCUT2D eigenvalue weighted by Gasteiger charge is 2.27. The quantitative estimate of drug-likeness (QED) is 0.687. The highest BCUT2D eigenvalue weighted by Crippen LogP contribution is 2.31. The molecule has 10 heavy (non-hydrogen) atoms. The molecule has 0 amide bonds. The van der Waals surface area contributed by atoms with Crippen molar-refractivity contribution in [3.8, 4) is 0 Å². The highest BCUT2D eigenvalue weighted by atomic mass is 32.1. The normalized spacial score (nSPS) is 11.9. The van der Waals surface area contributed by atoms with Crippen molar-refractivity contribution < 1.29 is 8.78 Å². The highest BCUT2D eigenvalue weighted by molar-refractivity contribution is 7.15. The molecule has 0 aliphatic heterocycles. The Morgan fingerprint density at radius 3 is 2.50 bits per heavy atom. The number of halogens is 2. The predicted octanol–water partition coefficient (Wildman–Crippen LogP) is 1.84. The summed E-state index contributed by atoms with van der Waals surface area (Å²) < 4.78 is 24.7. The van der Waals surface area contributed by atoms with E-state index in [4.69, 9.17) is 5.73 Å². The topological polar surface area (TPSA) is 38.9 Å². The van der Waals surface area contributed by atoms with Gasteiger partial charge < -0.3 is 5.73 Å². The Bertz CT molecular complexity index is 228. The zero-order valence-electron chi connectivity index (χ0n) is 5.27. The molecule has 0 fully saturated rings. The van der Waals surface area contributed by atoms with Crippen LogP contribution in [0.3, 0.4) is 0 Å². The number of alkyl halides is 2. The van der Waals surface area contributed by atoms with Crippen molar-refractivity contribution in [2.75, 3.05) is 5.73 Å². The van der Waals surface area contributed by atoms with Crippen LogP contribution in [-0.4, -0.2) is 4.98 Å². The first-order chi connectivity index (χ1) is 4.50. The van der Waals surface area contributed by atoms with E-state index in [2.05, 4.69) is 4.98 Å². The molecule has 1 heterocycles. The molecule has 0 aliphatic carbocycles. The van der Waals surface area contributed by atoms with E-state index in [0.29, 0.717) is 5.00 Å². The maximum Gasteiger partial charge on any atom is 0.296 e. The monoisotopic (exact) mass is 164 g/mol. The molecule has 0 saturated carbocycles. The first-order valence-electron chi connectivity index (χ1n) is 2.60. The summed E-state index contributed by atoms with van der Waals surface area (Å²) in [6.45, 7) is 0.797. The molecule has 5 heteroatoms. The summed E-state index contributed by atoms with van der Waals surface area (Å²) in [6, 6.07) is 0. The summed E-state index contributed by atoms with van der Waals surface area (Å²) in [6.07, 6.45) is 1.23. The molecule has 0 unspecified atom stereocenters. The van der Waals surface area contributed by atoms with Gasteiger partial charge in [0.2, 0.25) is 0 Å². The minimum atomic E-state index is -2.86. The lowest BCUT2D eigenvalue weighted by Crippen LogP contribution is -2.05. The van der Waals surface area contributed by atoms with Gasteiger partial charge in [0, 0.05) is 6.92 Å². The van der Waals surface area contributed by atoms with Crippen LogP contribution in [0, 0.1) is 0 Å².